The van der Waals surface area contributed by atoms with Crippen LogP contribution in [0.25, 0.3) is 10.8 Å². The van der Waals surface area contributed by atoms with E-state index in [2.05, 4.69) is 6.07 Å². The molecule has 0 heterocycles. The van der Waals surface area contributed by atoms with E-state index in [-0.39, 0.29) is 6.61 Å². The topological polar surface area (TPSA) is 9.23 Å². The zero-order chi connectivity index (χ0) is 9.80. The highest BCUT2D eigenvalue weighted by Crippen LogP contribution is 2.20. The van der Waals surface area contributed by atoms with Gasteiger partial charge in [0.1, 0.15) is 19.0 Å². The molecular weight excluding hydrogens is 179 g/mol. The van der Waals surface area contributed by atoms with E-state index in [1.807, 2.05) is 36.4 Å². The molecule has 1 nitrogen and oxygen atoms in total. The van der Waals surface area contributed by atoms with Crippen LogP contribution in [0.2, 0.25) is 0 Å². The molecule has 0 unspecified atom stereocenters. The van der Waals surface area contributed by atoms with Crippen LogP contribution in [0.1, 0.15) is 0 Å². The van der Waals surface area contributed by atoms with Crippen molar-refractivity contribution >= 4 is 10.8 Å². The molecule has 2 heteroatoms. The van der Waals surface area contributed by atoms with Crippen molar-refractivity contribution in [1.82, 2.24) is 0 Å². The van der Waals surface area contributed by atoms with Gasteiger partial charge in [-0.05, 0) is 35.0 Å². The molecule has 0 aliphatic carbocycles. The highest BCUT2D eigenvalue weighted by Gasteiger charge is 1.96. The van der Waals surface area contributed by atoms with Gasteiger partial charge in [-0.2, -0.15) is 0 Å². The lowest BCUT2D eigenvalue weighted by Gasteiger charge is -2.04. The van der Waals surface area contributed by atoms with Crippen LogP contribution in [-0.2, 0) is 0 Å². The van der Waals surface area contributed by atoms with Crippen molar-refractivity contribution in [1.29, 1.82) is 0 Å². The molecule has 0 saturated carbocycles. The third-order valence-corrected chi connectivity index (χ3v) is 2.00. The molecule has 71 valence electrons. The van der Waals surface area contributed by atoms with Crippen LogP contribution in [0, 0.1) is 6.07 Å². The van der Waals surface area contributed by atoms with Gasteiger partial charge in [0.15, 0.2) is 0 Å². The van der Waals surface area contributed by atoms with Crippen LogP contribution in [0.3, 0.4) is 0 Å². The van der Waals surface area contributed by atoms with Crippen molar-refractivity contribution in [2.24, 2.45) is 0 Å². The summed E-state index contributed by atoms with van der Waals surface area (Å²) in [7, 11) is 0. The Balaban J connectivity index is 2.32. The maximum absolute atomic E-state index is 11.9. The largest absolute Gasteiger partial charge is 0.491 e. The molecule has 0 aromatic heterocycles. The molecule has 14 heavy (non-hydrogen) atoms. The summed E-state index contributed by atoms with van der Waals surface area (Å²) in [6, 6.07) is 14.4. The van der Waals surface area contributed by atoms with E-state index in [0.29, 0.717) is 5.75 Å². The first kappa shape index (κ1) is 9.00. The van der Waals surface area contributed by atoms with Crippen LogP contribution in [0.5, 0.6) is 5.75 Å². The van der Waals surface area contributed by atoms with Crippen molar-refractivity contribution < 1.29 is 9.13 Å². The minimum absolute atomic E-state index is 0.116. The Hall–Kier alpha value is -1.57. The Morgan fingerprint density at radius 2 is 2.14 bits per heavy atom. The molecule has 0 N–H and O–H groups in total. The van der Waals surface area contributed by atoms with Gasteiger partial charge in [-0.25, -0.2) is 4.39 Å². The number of alkyl halides is 1. The van der Waals surface area contributed by atoms with Gasteiger partial charge in [0.2, 0.25) is 0 Å². The fourth-order valence-electron chi connectivity index (χ4n) is 1.35. The zero-order valence-electron chi connectivity index (χ0n) is 7.66. The maximum Gasteiger partial charge on any atom is 0.123 e. The summed E-state index contributed by atoms with van der Waals surface area (Å²) >= 11 is 0. The molecule has 0 bridgehead atoms. The second-order valence-electron chi connectivity index (χ2n) is 2.97. The Labute approximate surface area is 82.1 Å². The molecule has 0 amide bonds. The number of hydrogen-bond acceptors (Lipinski definition) is 1. The van der Waals surface area contributed by atoms with Gasteiger partial charge in [0.05, 0.1) is 0 Å². The predicted molar refractivity (Wildman–Crippen MR) is 54.3 cm³/mol. The first-order valence-corrected chi connectivity index (χ1v) is 4.49. The highest BCUT2D eigenvalue weighted by atomic mass is 19.1. The van der Waals surface area contributed by atoms with Gasteiger partial charge in [0.25, 0.3) is 0 Å². The Morgan fingerprint density at radius 1 is 1.21 bits per heavy atom. The van der Waals surface area contributed by atoms with Crippen LogP contribution in [-0.4, -0.2) is 13.3 Å². The number of benzene rings is 2. The third-order valence-electron chi connectivity index (χ3n) is 2.00. The molecule has 0 spiro atoms. The highest BCUT2D eigenvalue weighted by molar-refractivity contribution is 5.83. The van der Waals surface area contributed by atoms with Crippen LogP contribution >= 0.6 is 0 Å². The SMILES string of the molecule is FCCOc1ccc2c[c]ccc2c1. The monoisotopic (exact) mass is 189 g/mol. The van der Waals surface area contributed by atoms with Crippen LogP contribution in [0.15, 0.2) is 36.4 Å². The molecule has 0 aliphatic heterocycles. The van der Waals surface area contributed by atoms with E-state index < -0.39 is 6.67 Å². The van der Waals surface area contributed by atoms with Crippen molar-refractivity contribution in [2.75, 3.05) is 13.3 Å². The Bertz CT molecular complexity index is 425. The van der Waals surface area contributed by atoms with Gasteiger partial charge in [-0.3, -0.25) is 0 Å². The molecule has 2 aromatic rings. The standard InChI is InChI=1S/C12H10FO/c13-7-8-14-12-6-5-10-3-1-2-4-11(10)9-12/h2-6,9H,7-8H2. The fourth-order valence-corrected chi connectivity index (χ4v) is 1.35. The lowest BCUT2D eigenvalue weighted by Crippen LogP contribution is -1.98. The minimum Gasteiger partial charge on any atom is -0.491 e. The lowest BCUT2D eigenvalue weighted by molar-refractivity contribution is 0.273. The molecule has 0 fully saturated rings. The third kappa shape index (κ3) is 1.84. The Kier molecular flexibility index (Phi) is 2.63. The average molecular weight is 189 g/mol. The van der Waals surface area contributed by atoms with E-state index in [0.717, 1.165) is 10.8 Å². The summed E-state index contributed by atoms with van der Waals surface area (Å²) in [6.45, 7) is -0.342. The molecule has 0 saturated heterocycles. The molecule has 0 aliphatic rings. The maximum atomic E-state index is 11.9. The van der Waals surface area contributed by atoms with Crippen molar-refractivity contribution in [3.63, 3.8) is 0 Å². The quantitative estimate of drug-likeness (QED) is 0.721. The number of fused-ring (bicyclic) bond motifs is 1. The average Bonchev–Trinajstić information content (AvgIpc) is 2.26. The van der Waals surface area contributed by atoms with Gasteiger partial charge in [0, 0.05) is 0 Å². The molecule has 2 rings (SSSR count). The summed E-state index contributed by atoms with van der Waals surface area (Å²) in [6.07, 6.45) is 0. The van der Waals surface area contributed by atoms with Crippen molar-refractivity contribution in [3.05, 3.63) is 42.5 Å². The van der Waals surface area contributed by atoms with E-state index >= 15 is 0 Å². The van der Waals surface area contributed by atoms with E-state index in [1.165, 1.54) is 0 Å². The fraction of sp³-hybridized carbons (Fsp3) is 0.167. The van der Waals surface area contributed by atoms with Crippen molar-refractivity contribution in [3.8, 4) is 5.75 Å². The number of hydrogen-bond donors (Lipinski definition) is 0. The molecule has 2 aromatic carbocycles. The van der Waals surface area contributed by atoms with Gasteiger partial charge < -0.3 is 4.74 Å². The number of ether oxygens (including phenoxy) is 1. The summed E-state index contributed by atoms with van der Waals surface area (Å²) < 4.78 is 17.0. The smallest absolute Gasteiger partial charge is 0.123 e. The second kappa shape index (κ2) is 4.09. The first-order valence-electron chi connectivity index (χ1n) is 4.49. The summed E-state index contributed by atoms with van der Waals surface area (Å²) in [5.41, 5.74) is 0. The predicted octanol–water partition coefficient (Wildman–Crippen LogP) is 2.99. The number of rotatable bonds is 3. The Morgan fingerprint density at radius 3 is 3.00 bits per heavy atom. The zero-order valence-corrected chi connectivity index (χ0v) is 7.66. The van der Waals surface area contributed by atoms with Crippen LogP contribution < -0.4 is 4.74 Å². The minimum atomic E-state index is -0.458. The lowest BCUT2D eigenvalue weighted by atomic mass is 10.1. The van der Waals surface area contributed by atoms with Gasteiger partial charge >= 0.3 is 0 Å². The second-order valence-corrected chi connectivity index (χ2v) is 2.97. The van der Waals surface area contributed by atoms with Gasteiger partial charge in [-0.1, -0.05) is 18.2 Å². The first-order chi connectivity index (χ1) is 6.90. The van der Waals surface area contributed by atoms with E-state index in [9.17, 15) is 4.39 Å². The molecule has 0 atom stereocenters. The molecule has 1 radical (unpaired) electrons. The van der Waals surface area contributed by atoms with E-state index in [1.54, 1.807) is 0 Å². The van der Waals surface area contributed by atoms with E-state index in [4.69, 9.17) is 4.74 Å². The normalized spacial score (nSPS) is 10.4. The summed E-state index contributed by atoms with van der Waals surface area (Å²) in [5.74, 6) is 0.710. The summed E-state index contributed by atoms with van der Waals surface area (Å²) in [4.78, 5) is 0. The molecular formula is C12H10FO. The van der Waals surface area contributed by atoms with Gasteiger partial charge in [-0.15, -0.1) is 0 Å². The van der Waals surface area contributed by atoms with Crippen LogP contribution in [0.4, 0.5) is 4.39 Å². The van der Waals surface area contributed by atoms with Crippen molar-refractivity contribution in [2.45, 2.75) is 0 Å². The summed E-state index contributed by atoms with van der Waals surface area (Å²) in [5, 5.41) is 2.19. The number of halogens is 1.